The van der Waals surface area contributed by atoms with Crippen molar-refractivity contribution in [3.8, 4) is 11.5 Å². The zero-order valence-corrected chi connectivity index (χ0v) is 14.4. The second-order valence-electron chi connectivity index (χ2n) is 6.18. The topological polar surface area (TPSA) is 63.9 Å². The van der Waals surface area contributed by atoms with Crippen LogP contribution in [0, 0.1) is 0 Å². The molecule has 1 aromatic carbocycles. The molecule has 1 saturated heterocycles. The predicted octanol–water partition coefficient (Wildman–Crippen LogP) is 3.23. The summed E-state index contributed by atoms with van der Waals surface area (Å²) in [6, 6.07) is 7.11. The second kappa shape index (κ2) is 6.98. The first kappa shape index (κ1) is 16.3. The number of carbonyl (C=O) groups excluding carboxylic acids is 1. The highest BCUT2D eigenvalue weighted by atomic mass is 35.5. The molecule has 0 spiro atoms. The summed E-state index contributed by atoms with van der Waals surface area (Å²) in [6.07, 6.45) is 4.00. The standard InChI is InChI=1S/C18H19ClN2O4/c19-13-8-12(9-16-17(13)25-11-24-16)18(22)20-10-14(15-4-3-7-23-15)21-5-1-2-6-21/h3-4,7-9,14H,1-2,5-6,10-11H2,(H,20,22). The van der Waals surface area contributed by atoms with Gasteiger partial charge in [0.2, 0.25) is 6.79 Å². The summed E-state index contributed by atoms with van der Waals surface area (Å²) in [6.45, 7) is 2.61. The van der Waals surface area contributed by atoms with Crippen LogP contribution in [0.5, 0.6) is 11.5 Å². The summed E-state index contributed by atoms with van der Waals surface area (Å²) in [5.41, 5.74) is 0.453. The van der Waals surface area contributed by atoms with Crippen LogP contribution in [0.3, 0.4) is 0 Å². The molecule has 2 aromatic rings. The van der Waals surface area contributed by atoms with Crippen molar-refractivity contribution in [2.24, 2.45) is 0 Å². The first-order valence-electron chi connectivity index (χ1n) is 8.37. The van der Waals surface area contributed by atoms with Crippen molar-refractivity contribution in [2.45, 2.75) is 18.9 Å². The summed E-state index contributed by atoms with van der Waals surface area (Å²) >= 11 is 6.16. The molecule has 1 fully saturated rings. The molecule has 1 amide bonds. The van der Waals surface area contributed by atoms with E-state index >= 15 is 0 Å². The summed E-state index contributed by atoms with van der Waals surface area (Å²) < 4.78 is 16.2. The number of amides is 1. The summed E-state index contributed by atoms with van der Waals surface area (Å²) in [5, 5.41) is 3.36. The maximum Gasteiger partial charge on any atom is 0.251 e. The zero-order valence-electron chi connectivity index (χ0n) is 13.7. The molecule has 0 radical (unpaired) electrons. The van der Waals surface area contributed by atoms with Gasteiger partial charge in [-0.3, -0.25) is 9.69 Å². The molecule has 0 bridgehead atoms. The fourth-order valence-corrected chi connectivity index (χ4v) is 3.60. The van der Waals surface area contributed by atoms with E-state index in [0.717, 1.165) is 18.8 Å². The van der Waals surface area contributed by atoms with E-state index in [0.29, 0.717) is 28.6 Å². The van der Waals surface area contributed by atoms with Crippen LogP contribution in [0.15, 0.2) is 34.9 Å². The normalized spacial score (nSPS) is 17.6. The van der Waals surface area contributed by atoms with Gasteiger partial charge in [0.15, 0.2) is 11.5 Å². The SMILES string of the molecule is O=C(NCC(c1ccco1)N1CCCC1)c1cc(Cl)c2c(c1)OCO2. The molecule has 25 heavy (non-hydrogen) atoms. The lowest BCUT2D eigenvalue weighted by atomic mass is 10.1. The van der Waals surface area contributed by atoms with Gasteiger partial charge in [-0.2, -0.15) is 0 Å². The van der Waals surface area contributed by atoms with Crippen molar-refractivity contribution < 1.29 is 18.7 Å². The van der Waals surface area contributed by atoms with Gasteiger partial charge in [-0.25, -0.2) is 0 Å². The minimum Gasteiger partial charge on any atom is -0.468 e. The van der Waals surface area contributed by atoms with Crippen LogP contribution < -0.4 is 14.8 Å². The van der Waals surface area contributed by atoms with E-state index in [1.54, 1.807) is 18.4 Å². The Morgan fingerprint density at radius 2 is 2.12 bits per heavy atom. The van der Waals surface area contributed by atoms with Crippen LogP contribution in [0.1, 0.15) is 35.0 Å². The molecule has 3 heterocycles. The fourth-order valence-electron chi connectivity index (χ4n) is 3.33. The Kier molecular flexibility index (Phi) is 4.55. The molecule has 6 nitrogen and oxygen atoms in total. The highest BCUT2D eigenvalue weighted by Gasteiger charge is 2.27. The number of carbonyl (C=O) groups is 1. The largest absolute Gasteiger partial charge is 0.468 e. The minimum absolute atomic E-state index is 0.0333. The average molecular weight is 363 g/mol. The van der Waals surface area contributed by atoms with Gasteiger partial charge in [0.05, 0.1) is 17.3 Å². The van der Waals surface area contributed by atoms with Crippen LogP contribution in [0.4, 0.5) is 0 Å². The van der Waals surface area contributed by atoms with Crippen molar-refractivity contribution in [3.63, 3.8) is 0 Å². The predicted molar refractivity (Wildman–Crippen MR) is 92.2 cm³/mol. The molecule has 1 aromatic heterocycles. The van der Waals surface area contributed by atoms with Gasteiger partial charge in [-0.1, -0.05) is 11.6 Å². The average Bonchev–Trinajstić information content (AvgIpc) is 3.37. The van der Waals surface area contributed by atoms with Gasteiger partial charge < -0.3 is 19.2 Å². The van der Waals surface area contributed by atoms with E-state index in [1.807, 2.05) is 12.1 Å². The van der Waals surface area contributed by atoms with E-state index in [1.165, 1.54) is 12.8 Å². The molecule has 1 atom stereocenters. The smallest absolute Gasteiger partial charge is 0.251 e. The lowest BCUT2D eigenvalue weighted by molar-refractivity contribution is 0.0933. The number of benzene rings is 1. The summed E-state index contributed by atoms with van der Waals surface area (Å²) in [5.74, 6) is 1.66. The number of furan rings is 1. The number of nitrogens with one attached hydrogen (secondary N) is 1. The van der Waals surface area contributed by atoms with E-state index in [2.05, 4.69) is 10.2 Å². The summed E-state index contributed by atoms with van der Waals surface area (Å²) in [7, 11) is 0. The number of nitrogens with zero attached hydrogens (tertiary/aromatic N) is 1. The Labute approximate surface area is 150 Å². The zero-order chi connectivity index (χ0) is 17.2. The molecule has 1 unspecified atom stereocenters. The van der Waals surface area contributed by atoms with Crippen LogP contribution >= 0.6 is 11.6 Å². The van der Waals surface area contributed by atoms with Crippen molar-refractivity contribution in [1.82, 2.24) is 10.2 Å². The number of hydrogen-bond acceptors (Lipinski definition) is 5. The van der Waals surface area contributed by atoms with Crippen LogP contribution in [0.2, 0.25) is 5.02 Å². The van der Waals surface area contributed by atoms with E-state index in [9.17, 15) is 4.79 Å². The van der Waals surface area contributed by atoms with Crippen molar-refractivity contribution in [1.29, 1.82) is 0 Å². The quantitative estimate of drug-likeness (QED) is 0.884. The monoisotopic (exact) mass is 362 g/mol. The van der Waals surface area contributed by atoms with Crippen molar-refractivity contribution >= 4 is 17.5 Å². The second-order valence-corrected chi connectivity index (χ2v) is 6.58. The van der Waals surface area contributed by atoms with Crippen molar-refractivity contribution in [2.75, 3.05) is 26.4 Å². The Hall–Kier alpha value is -2.18. The number of rotatable bonds is 5. The third-order valence-corrected chi connectivity index (χ3v) is 4.88. The number of ether oxygens (including phenoxy) is 2. The maximum atomic E-state index is 12.6. The molecule has 7 heteroatoms. The highest BCUT2D eigenvalue weighted by Crippen LogP contribution is 2.39. The first-order chi connectivity index (χ1) is 12.2. The Balaban J connectivity index is 1.47. The lowest BCUT2D eigenvalue weighted by Crippen LogP contribution is -2.36. The molecular formula is C18H19ClN2O4. The van der Waals surface area contributed by atoms with Crippen LogP contribution in [0.25, 0.3) is 0 Å². The molecule has 0 aliphatic carbocycles. The molecule has 0 saturated carbocycles. The fraction of sp³-hybridized carbons (Fsp3) is 0.389. The number of halogens is 1. The van der Waals surface area contributed by atoms with E-state index < -0.39 is 0 Å². The Morgan fingerprint density at radius 1 is 1.28 bits per heavy atom. The highest BCUT2D eigenvalue weighted by molar-refractivity contribution is 6.32. The molecular weight excluding hydrogens is 344 g/mol. The third-order valence-electron chi connectivity index (χ3n) is 4.60. The van der Waals surface area contributed by atoms with Gasteiger partial charge >= 0.3 is 0 Å². The number of fused-ring (bicyclic) bond motifs is 1. The van der Waals surface area contributed by atoms with E-state index in [4.69, 9.17) is 25.5 Å². The van der Waals surface area contributed by atoms with Gasteiger partial charge in [0.1, 0.15) is 5.76 Å². The third kappa shape index (κ3) is 3.32. The number of likely N-dealkylation sites (tertiary alicyclic amines) is 1. The van der Waals surface area contributed by atoms with E-state index in [-0.39, 0.29) is 18.7 Å². The van der Waals surface area contributed by atoms with Gasteiger partial charge in [-0.05, 0) is 50.2 Å². The van der Waals surface area contributed by atoms with Gasteiger partial charge in [-0.15, -0.1) is 0 Å². The Bertz CT molecular complexity index is 757. The summed E-state index contributed by atoms with van der Waals surface area (Å²) in [4.78, 5) is 14.9. The van der Waals surface area contributed by atoms with Gasteiger partial charge in [0, 0.05) is 12.1 Å². The maximum absolute atomic E-state index is 12.6. The Morgan fingerprint density at radius 3 is 2.88 bits per heavy atom. The van der Waals surface area contributed by atoms with Crippen molar-refractivity contribution in [3.05, 3.63) is 46.9 Å². The molecule has 1 N–H and O–H groups in total. The van der Waals surface area contributed by atoms with Crippen LogP contribution in [-0.4, -0.2) is 37.2 Å². The first-order valence-corrected chi connectivity index (χ1v) is 8.75. The molecule has 4 rings (SSSR count). The van der Waals surface area contributed by atoms with Crippen LogP contribution in [-0.2, 0) is 0 Å². The van der Waals surface area contributed by atoms with Gasteiger partial charge in [0.25, 0.3) is 5.91 Å². The number of hydrogen-bond donors (Lipinski definition) is 1. The lowest BCUT2D eigenvalue weighted by Gasteiger charge is -2.26. The molecule has 2 aliphatic rings. The molecule has 132 valence electrons. The molecule has 2 aliphatic heterocycles. The minimum atomic E-state index is -0.198.